The molecule has 0 fully saturated rings. The first-order valence-corrected chi connectivity index (χ1v) is 7.74. The second kappa shape index (κ2) is 7.44. The van der Waals surface area contributed by atoms with E-state index in [9.17, 15) is 62.6 Å². The molecule has 1 aromatic rings. The zero-order chi connectivity index (χ0) is 24.2. The van der Waals surface area contributed by atoms with Gasteiger partial charge in [0.05, 0.1) is 11.3 Å². The number of hydrogen-bond donors (Lipinski definition) is 0. The third kappa shape index (κ3) is 5.12. The molecule has 0 saturated heterocycles. The predicted molar refractivity (Wildman–Crippen MR) is 77.0 cm³/mol. The van der Waals surface area contributed by atoms with Crippen LogP contribution in [0.1, 0.15) is 23.1 Å². The van der Waals surface area contributed by atoms with Gasteiger partial charge in [0.2, 0.25) is 5.71 Å². The largest absolute Gasteiger partial charge is 0.872 e. The van der Waals surface area contributed by atoms with Crippen LogP contribution in [0.15, 0.2) is 22.7 Å². The van der Waals surface area contributed by atoms with Crippen molar-refractivity contribution >= 4 is 22.9 Å². The third-order valence-corrected chi connectivity index (χ3v) is 4.00. The van der Waals surface area contributed by atoms with E-state index in [4.69, 9.17) is 0 Å². The van der Waals surface area contributed by atoms with Crippen molar-refractivity contribution in [2.24, 2.45) is 4.99 Å². The van der Waals surface area contributed by atoms with Crippen molar-refractivity contribution < 1.29 is 62.6 Å². The average Bonchev–Trinajstić information content (AvgIpc) is 2.55. The number of nitrogens with zero attached hydrogens (tertiary/aromatic N) is 1. The van der Waals surface area contributed by atoms with Crippen LogP contribution in [0.3, 0.4) is 0 Å². The number of allylic oxidation sites excluding steroid dienone is 1. The van der Waals surface area contributed by atoms with E-state index in [0.717, 1.165) is 0 Å². The van der Waals surface area contributed by atoms with Crippen molar-refractivity contribution in [2.45, 2.75) is 37.5 Å². The van der Waals surface area contributed by atoms with Gasteiger partial charge in [0, 0.05) is 0 Å². The molecule has 1 aliphatic rings. The summed E-state index contributed by atoms with van der Waals surface area (Å²) in [6.45, 7) is 0. The summed E-state index contributed by atoms with van der Waals surface area (Å²) in [6.07, 6.45) is -25.3. The molecule has 0 spiro atoms. The zero-order valence-corrected chi connectivity index (χ0v) is 14.4. The van der Waals surface area contributed by atoms with Crippen LogP contribution in [0.4, 0.5) is 58.4 Å². The molecule has 31 heavy (non-hydrogen) atoms. The highest BCUT2D eigenvalue weighted by molar-refractivity contribution is 6.05. The lowest BCUT2D eigenvalue weighted by Gasteiger charge is -2.29. The van der Waals surface area contributed by atoms with E-state index in [1.807, 2.05) is 0 Å². The zero-order valence-electron chi connectivity index (χ0n) is 14.4. The summed E-state index contributed by atoms with van der Waals surface area (Å²) in [5.41, 5.74) is -10.6. The van der Waals surface area contributed by atoms with Crippen molar-refractivity contribution in [3.8, 4) is 0 Å². The van der Waals surface area contributed by atoms with Crippen LogP contribution in [0.2, 0.25) is 0 Å². The van der Waals surface area contributed by atoms with Crippen molar-refractivity contribution in [1.82, 2.24) is 0 Å². The number of carbonyl (C=O) groups is 1. The number of aliphatic imine (C=N–C) groups is 1. The fraction of sp³-hybridized carbons (Fsp3) is 0.375. The summed E-state index contributed by atoms with van der Waals surface area (Å²) >= 11 is 0. The van der Waals surface area contributed by atoms with Crippen LogP contribution in [-0.2, 0) is 17.4 Å². The number of rotatable bonds is 2. The van der Waals surface area contributed by atoms with Crippen molar-refractivity contribution in [1.29, 1.82) is 0 Å². The molecule has 0 atom stereocenters. The molecule has 0 bridgehead atoms. The average molecular weight is 472 g/mol. The molecule has 0 aliphatic heterocycles. The van der Waals surface area contributed by atoms with Gasteiger partial charge in [-0.15, -0.1) is 0 Å². The molecule has 1 aromatic carbocycles. The van der Waals surface area contributed by atoms with Gasteiger partial charge in [-0.05, 0) is 41.7 Å². The van der Waals surface area contributed by atoms with Crippen molar-refractivity contribution in [2.75, 3.05) is 0 Å². The van der Waals surface area contributed by atoms with E-state index in [-0.39, 0.29) is 12.1 Å². The van der Waals surface area contributed by atoms with E-state index in [1.165, 1.54) is 0 Å². The van der Waals surface area contributed by atoms with Crippen molar-refractivity contribution in [3.05, 3.63) is 34.4 Å². The third-order valence-electron chi connectivity index (χ3n) is 4.00. The fourth-order valence-corrected chi connectivity index (χ4v) is 2.71. The molecule has 1 aliphatic carbocycles. The van der Waals surface area contributed by atoms with E-state index in [1.54, 1.807) is 0 Å². The lowest BCUT2D eigenvalue weighted by Crippen LogP contribution is -2.37. The van der Waals surface area contributed by atoms with E-state index < -0.39 is 82.8 Å². The number of alkyl halides is 12. The van der Waals surface area contributed by atoms with Crippen LogP contribution in [-0.4, -0.2) is 30.0 Å². The molecule has 172 valence electrons. The summed E-state index contributed by atoms with van der Waals surface area (Å²) in [7, 11) is 0. The van der Waals surface area contributed by atoms with Crippen LogP contribution >= 0.6 is 0 Å². The molecular weight excluding hydrogens is 466 g/mol. The van der Waals surface area contributed by atoms with E-state index in [2.05, 4.69) is 4.99 Å². The van der Waals surface area contributed by atoms with Gasteiger partial charge >= 0.3 is 24.7 Å². The Kier molecular flexibility index (Phi) is 5.89. The summed E-state index contributed by atoms with van der Waals surface area (Å²) in [4.78, 5) is 13.6. The standard InChI is InChI=1S/C16H7F12NO2/c17-13(18,19)5-3-8-6(1-2-7(10(8)30)11(31)14(20,21)22)9(4-5)29-12(15(23,24)25)16(26,27)28/h3-4,30H,1-2H2/p-1. The minimum atomic E-state index is -6.15. The smallest absolute Gasteiger partial charge is 0.454 e. The number of halogens is 12. The van der Waals surface area contributed by atoms with Gasteiger partial charge in [0.25, 0.3) is 5.78 Å². The number of fused-ring (bicyclic) bond motifs is 1. The molecule has 0 amide bonds. The van der Waals surface area contributed by atoms with E-state index >= 15 is 0 Å². The molecule has 0 aromatic heterocycles. The number of carbonyl (C=O) groups excluding carboxylic acids is 1. The lowest BCUT2D eigenvalue weighted by atomic mass is 9.86. The maximum Gasteiger partial charge on any atom is 0.454 e. The van der Waals surface area contributed by atoms with Crippen LogP contribution in [0.5, 0.6) is 0 Å². The Labute approximate surface area is 163 Å². The fourth-order valence-electron chi connectivity index (χ4n) is 2.71. The Morgan fingerprint density at radius 1 is 0.806 bits per heavy atom. The molecule has 2 rings (SSSR count). The summed E-state index contributed by atoms with van der Waals surface area (Å²) in [6, 6.07) is -0.249. The van der Waals surface area contributed by atoms with Gasteiger partial charge in [-0.25, -0.2) is 4.99 Å². The molecule has 0 saturated carbocycles. The maximum atomic E-state index is 13.1. The van der Waals surface area contributed by atoms with Crippen LogP contribution < -0.4 is 5.11 Å². The Morgan fingerprint density at radius 2 is 1.32 bits per heavy atom. The quantitative estimate of drug-likeness (QED) is 0.447. The number of benzene rings is 1. The van der Waals surface area contributed by atoms with Crippen LogP contribution in [0, 0.1) is 0 Å². The minimum absolute atomic E-state index is 0.0552. The van der Waals surface area contributed by atoms with Crippen molar-refractivity contribution in [3.63, 3.8) is 0 Å². The van der Waals surface area contributed by atoms with E-state index in [0.29, 0.717) is 0 Å². The highest BCUT2D eigenvalue weighted by Crippen LogP contribution is 2.43. The number of Topliss-reactive ketones (excluding diaryl/α,β-unsaturated/α-hetero) is 1. The molecule has 3 nitrogen and oxygen atoms in total. The molecular formula is C16H6F12NO2-. The first kappa shape index (κ1) is 24.5. The van der Waals surface area contributed by atoms with Gasteiger partial charge in [-0.3, -0.25) is 4.79 Å². The lowest BCUT2D eigenvalue weighted by molar-refractivity contribution is -0.246. The summed E-state index contributed by atoms with van der Waals surface area (Å²) in [5, 5.41) is 12.2. The van der Waals surface area contributed by atoms with Gasteiger partial charge in [0.15, 0.2) is 0 Å². The molecule has 0 radical (unpaired) electrons. The SMILES string of the molecule is O=C(C1=C([O-])c2cc(C(F)(F)F)cc(N=C(C(F)(F)F)C(F)(F)F)c2CC1)C(F)(F)F. The van der Waals surface area contributed by atoms with Gasteiger partial charge in [0.1, 0.15) is 0 Å². The van der Waals surface area contributed by atoms with Gasteiger partial charge < -0.3 is 5.11 Å². The monoisotopic (exact) mass is 472 g/mol. The normalized spacial score (nSPS) is 15.6. The Balaban J connectivity index is 2.87. The predicted octanol–water partition coefficient (Wildman–Crippen LogP) is 5.05. The molecule has 0 heterocycles. The number of ketones is 1. The second-order valence-corrected chi connectivity index (χ2v) is 6.11. The number of hydrogen-bond acceptors (Lipinski definition) is 3. The molecule has 15 heteroatoms. The molecule has 0 N–H and O–H groups in total. The maximum absolute atomic E-state index is 13.1. The van der Waals surface area contributed by atoms with Gasteiger partial charge in [-0.2, -0.15) is 52.7 Å². The Bertz CT molecular complexity index is 945. The van der Waals surface area contributed by atoms with Crippen LogP contribution in [0.25, 0.3) is 5.76 Å². The first-order chi connectivity index (χ1) is 13.7. The van der Waals surface area contributed by atoms with Gasteiger partial charge in [-0.1, -0.05) is 5.76 Å². The highest BCUT2D eigenvalue weighted by atomic mass is 19.4. The Morgan fingerprint density at radius 3 is 1.74 bits per heavy atom. The summed E-state index contributed by atoms with van der Waals surface area (Å²) < 4.78 is 153. The minimum Gasteiger partial charge on any atom is -0.872 e. The topological polar surface area (TPSA) is 52.5 Å². The molecule has 0 unspecified atom stereocenters. The summed E-state index contributed by atoms with van der Waals surface area (Å²) in [5.74, 6) is -4.58. The first-order valence-electron chi connectivity index (χ1n) is 7.74. The highest BCUT2D eigenvalue weighted by Gasteiger charge is 2.53. The Hall–Kier alpha value is -2.74. The second-order valence-electron chi connectivity index (χ2n) is 6.11.